The molecule has 1 aromatic carbocycles. The van der Waals surface area contributed by atoms with Gasteiger partial charge in [0.1, 0.15) is 10.8 Å². The van der Waals surface area contributed by atoms with E-state index in [1.54, 1.807) is 13.2 Å². The molecule has 1 aromatic heterocycles. The zero-order valence-electron chi connectivity index (χ0n) is 22.5. The Balaban J connectivity index is 1.75. The Bertz CT molecular complexity index is 1110. The summed E-state index contributed by atoms with van der Waals surface area (Å²) in [5.74, 6) is 1.28. The number of halogens is 1. The van der Waals surface area contributed by atoms with Crippen molar-refractivity contribution < 1.29 is 18.7 Å². The highest BCUT2D eigenvalue weighted by Crippen LogP contribution is 2.36. The average molecular weight is 531 g/mol. The molecule has 0 saturated carbocycles. The number of methoxy groups -OCH3 is 1. The lowest BCUT2D eigenvalue weighted by molar-refractivity contribution is -0.119. The summed E-state index contributed by atoms with van der Waals surface area (Å²) in [4.78, 5) is 16.4. The SMILES string of the molecule is COc1nc(/C(=C/[C@H]2CCC(=O)N2)c2ccc(OCCCO[Si](C)(C)C(C)(C)C)c(C)c2)ccc1Cl. The average Bonchev–Trinajstić information content (AvgIpc) is 3.22. The summed E-state index contributed by atoms with van der Waals surface area (Å²) in [6, 6.07) is 9.71. The van der Waals surface area contributed by atoms with Crippen LogP contribution in [0.5, 0.6) is 11.6 Å². The third-order valence-corrected chi connectivity index (χ3v) is 11.8. The number of hydrogen-bond donors (Lipinski definition) is 1. The normalized spacial score (nSPS) is 16.7. The predicted molar refractivity (Wildman–Crippen MR) is 148 cm³/mol. The number of aromatic nitrogens is 1. The van der Waals surface area contributed by atoms with Crippen molar-refractivity contribution in [1.29, 1.82) is 0 Å². The number of pyridine rings is 1. The summed E-state index contributed by atoms with van der Waals surface area (Å²) in [7, 11) is -0.191. The molecule has 0 unspecified atom stereocenters. The molecular weight excluding hydrogens is 492 g/mol. The zero-order chi connectivity index (χ0) is 26.5. The van der Waals surface area contributed by atoms with Crippen LogP contribution in [0.3, 0.4) is 0 Å². The first-order chi connectivity index (χ1) is 16.9. The summed E-state index contributed by atoms with van der Waals surface area (Å²) >= 11 is 6.21. The van der Waals surface area contributed by atoms with Crippen LogP contribution in [0.2, 0.25) is 23.2 Å². The minimum absolute atomic E-state index is 0.0481. The van der Waals surface area contributed by atoms with Crippen LogP contribution in [0.4, 0.5) is 0 Å². The van der Waals surface area contributed by atoms with E-state index in [-0.39, 0.29) is 17.0 Å². The largest absolute Gasteiger partial charge is 0.493 e. The van der Waals surface area contributed by atoms with Crippen molar-refractivity contribution in [2.75, 3.05) is 20.3 Å². The molecule has 2 heterocycles. The maximum absolute atomic E-state index is 11.8. The highest BCUT2D eigenvalue weighted by atomic mass is 35.5. The fraction of sp³-hybridized carbons (Fsp3) is 0.500. The van der Waals surface area contributed by atoms with Gasteiger partial charge in [0.2, 0.25) is 11.8 Å². The number of rotatable bonds is 10. The van der Waals surface area contributed by atoms with Crippen molar-refractivity contribution in [2.45, 2.75) is 71.1 Å². The number of nitrogens with zero attached hydrogens (tertiary/aromatic N) is 1. The summed E-state index contributed by atoms with van der Waals surface area (Å²) in [6.07, 6.45) is 4.18. The highest BCUT2D eigenvalue weighted by molar-refractivity contribution is 6.74. The van der Waals surface area contributed by atoms with Crippen molar-refractivity contribution in [2.24, 2.45) is 0 Å². The van der Waals surface area contributed by atoms with Gasteiger partial charge in [0.15, 0.2) is 8.32 Å². The van der Waals surface area contributed by atoms with Gasteiger partial charge in [-0.2, -0.15) is 0 Å². The van der Waals surface area contributed by atoms with Crippen molar-refractivity contribution in [3.8, 4) is 11.6 Å². The maximum Gasteiger partial charge on any atom is 0.232 e. The van der Waals surface area contributed by atoms with Crippen LogP contribution in [0.1, 0.15) is 56.9 Å². The zero-order valence-corrected chi connectivity index (χ0v) is 24.3. The van der Waals surface area contributed by atoms with Gasteiger partial charge >= 0.3 is 0 Å². The second-order valence-electron chi connectivity index (χ2n) is 10.8. The van der Waals surface area contributed by atoms with Crippen molar-refractivity contribution >= 4 is 31.4 Å². The number of aryl methyl sites for hydroxylation is 1. The Morgan fingerprint density at radius 3 is 2.58 bits per heavy atom. The van der Waals surface area contributed by atoms with Gasteiger partial charge in [-0.05, 0) is 66.9 Å². The van der Waals surface area contributed by atoms with E-state index in [0.29, 0.717) is 30.5 Å². The highest BCUT2D eigenvalue weighted by Gasteiger charge is 2.36. The molecule has 1 N–H and O–H groups in total. The number of benzene rings is 1. The minimum atomic E-state index is -1.74. The lowest BCUT2D eigenvalue weighted by atomic mass is 9.97. The van der Waals surface area contributed by atoms with E-state index in [9.17, 15) is 4.79 Å². The van der Waals surface area contributed by atoms with Gasteiger partial charge < -0.3 is 19.2 Å². The first kappa shape index (κ1) is 28.2. The van der Waals surface area contributed by atoms with Crippen LogP contribution in [-0.2, 0) is 9.22 Å². The van der Waals surface area contributed by atoms with E-state index in [4.69, 9.17) is 25.5 Å². The molecule has 1 fully saturated rings. The van der Waals surface area contributed by atoms with E-state index in [2.05, 4.69) is 56.3 Å². The molecule has 0 bridgehead atoms. The fourth-order valence-electron chi connectivity index (χ4n) is 3.77. The smallest absolute Gasteiger partial charge is 0.232 e. The molecule has 1 atom stereocenters. The fourth-order valence-corrected chi connectivity index (χ4v) is 5.04. The molecular formula is C28H39ClN2O4Si. The second-order valence-corrected chi connectivity index (χ2v) is 16.0. The molecule has 0 radical (unpaired) electrons. The van der Waals surface area contributed by atoms with Crippen molar-refractivity contribution in [3.05, 3.63) is 58.3 Å². The maximum atomic E-state index is 11.8. The van der Waals surface area contributed by atoms with Gasteiger partial charge in [0.05, 0.1) is 19.4 Å². The van der Waals surface area contributed by atoms with Gasteiger partial charge in [0, 0.05) is 31.1 Å². The van der Waals surface area contributed by atoms with Crippen LogP contribution in [0.25, 0.3) is 5.57 Å². The van der Waals surface area contributed by atoms with E-state index >= 15 is 0 Å². The molecule has 1 amide bonds. The summed E-state index contributed by atoms with van der Waals surface area (Å²) in [5, 5.41) is 3.67. The lowest BCUT2D eigenvalue weighted by Crippen LogP contribution is -2.41. The molecule has 8 heteroatoms. The molecule has 1 aliphatic rings. The second kappa shape index (κ2) is 11.8. The van der Waals surface area contributed by atoms with Crippen LogP contribution in [0.15, 0.2) is 36.4 Å². The minimum Gasteiger partial charge on any atom is -0.493 e. The molecule has 6 nitrogen and oxygen atoms in total. The van der Waals surface area contributed by atoms with Crippen LogP contribution < -0.4 is 14.8 Å². The first-order valence-corrected chi connectivity index (χ1v) is 15.8. The van der Waals surface area contributed by atoms with E-state index in [0.717, 1.165) is 41.0 Å². The molecule has 3 rings (SSSR count). The van der Waals surface area contributed by atoms with Gasteiger partial charge in [-0.25, -0.2) is 4.98 Å². The topological polar surface area (TPSA) is 69.7 Å². The number of carbonyl (C=O) groups excluding carboxylic acids is 1. The monoisotopic (exact) mass is 530 g/mol. The number of carbonyl (C=O) groups is 1. The Kier molecular flexibility index (Phi) is 9.25. The van der Waals surface area contributed by atoms with Gasteiger partial charge in [-0.3, -0.25) is 4.79 Å². The molecule has 1 saturated heterocycles. The summed E-state index contributed by atoms with van der Waals surface area (Å²) in [5.41, 5.74) is 3.65. The van der Waals surface area contributed by atoms with Crippen LogP contribution in [0, 0.1) is 6.92 Å². The number of nitrogens with one attached hydrogen (secondary N) is 1. The molecule has 0 spiro atoms. The summed E-state index contributed by atoms with van der Waals surface area (Å²) < 4.78 is 17.7. The first-order valence-electron chi connectivity index (χ1n) is 12.5. The number of amides is 1. The van der Waals surface area contributed by atoms with Crippen molar-refractivity contribution in [1.82, 2.24) is 10.3 Å². The third-order valence-electron chi connectivity index (χ3n) is 6.98. The Labute approximate surface area is 221 Å². The van der Waals surface area contributed by atoms with E-state index < -0.39 is 8.32 Å². The summed E-state index contributed by atoms with van der Waals surface area (Å²) in [6.45, 7) is 14.6. The standard InChI is InChI=1S/C28H39ClN2O4Si/c1-19-17-20(9-13-25(19)34-15-8-16-35-36(6,7)28(2,3)4)22(18-21-10-14-26(32)30-21)24-12-11-23(29)27(31-24)33-5/h9,11-13,17-18,21H,8,10,14-16H2,1-7H3,(H,30,32)/b22-18+/t21-/m1/s1. The predicted octanol–water partition coefficient (Wildman–Crippen LogP) is 6.55. The van der Waals surface area contributed by atoms with Crippen molar-refractivity contribution in [3.63, 3.8) is 0 Å². The lowest BCUT2D eigenvalue weighted by Gasteiger charge is -2.36. The van der Waals surface area contributed by atoms with Gasteiger partial charge in [-0.15, -0.1) is 0 Å². The van der Waals surface area contributed by atoms with Gasteiger partial charge in [0.25, 0.3) is 0 Å². The van der Waals surface area contributed by atoms with Crippen LogP contribution >= 0.6 is 11.6 Å². The third kappa shape index (κ3) is 7.11. The molecule has 1 aliphatic heterocycles. The molecule has 196 valence electrons. The Morgan fingerprint density at radius 2 is 1.97 bits per heavy atom. The molecule has 36 heavy (non-hydrogen) atoms. The molecule has 2 aromatic rings. The Morgan fingerprint density at radius 1 is 1.22 bits per heavy atom. The molecule has 0 aliphatic carbocycles. The quantitative estimate of drug-likeness (QED) is 0.278. The number of hydrogen-bond acceptors (Lipinski definition) is 5. The Hall–Kier alpha value is -2.35. The van der Waals surface area contributed by atoms with E-state index in [1.165, 1.54) is 0 Å². The number of ether oxygens (including phenoxy) is 2. The van der Waals surface area contributed by atoms with Gasteiger partial charge in [-0.1, -0.05) is 44.5 Å². The van der Waals surface area contributed by atoms with E-state index in [1.807, 2.05) is 25.1 Å². The van der Waals surface area contributed by atoms with Crippen LogP contribution in [-0.4, -0.2) is 45.6 Å².